The van der Waals surface area contributed by atoms with E-state index in [4.69, 9.17) is 0 Å². The first kappa shape index (κ1) is 12.3. The van der Waals surface area contributed by atoms with Gasteiger partial charge < -0.3 is 0 Å². The Labute approximate surface area is 94.8 Å². The van der Waals surface area contributed by atoms with Gasteiger partial charge in [-0.1, -0.05) is 58.1 Å². The Morgan fingerprint density at radius 1 is 1.20 bits per heavy atom. The first-order chi connectivity index (χ1) is 7.16. The zero-order valence-electron chi connectivity index (χ0n) is 10.5. The van der Waals surface area contributed by atoms with Crippen molar-refractivity contribution in [1.29, 1.82) is 0 Å². The van der Waals surface area contributed by atoms with Gasteiger partial charge in [-0.25, -0.2) is 0 Å². The Morgan fingerprint density at radius 2 is 1.93 bits per heavy atom. The summed E-state index contributed by atoms with van der Waals surface area (Å²) in [6.45, 7) is 9.33. The van der Waals surface area contributed by atoms with Crippen LogP contribution in [0.3, 0.4) is 0 Å². The molecule has 0 aromatic heterocycles. The van der Waals surface area contributed by atoms with Gasteiger partial charge >= 0.3 is 0 Å². The fourth-order valence-corrected chi connectivity index (χ4v) is 2.25. The molecule has 0 N–H and O–H groups in total. The minimum absolute atomic E-state index is 0.723. The van der Waals surface area contributed by atoms with Gasteiger partial charge in [-0.2, -0.15) is 0 Å². The summed E-state index contributed by atoms with van der Waals surface area (Å²) in [4.78, 5) is 0. The second-order valence-corrected chi connectivity index (χ2v) is 4.84. The van der Waals surface area contributed by atoms with Gasteiger partial charge in [0.2, 0.25) is 0 Å². The number of allylic oxidation sites excluding steroid dienone is 6. The Balaban J connectivity index is 2.78. The molecule has 84 valence electrons. The molecular weight excluding hydrogens is 180 g/mol. The third-order valence-corrected chi connectivity index (χ3v) is 3.58. The molecule has 0 aromatic carbocycles. The second-order valence-electron chi connectivity index (χ2n) is 4.84. The number of hydrogen-bond donors (Lipinski definition) is 0. The number of hydrogen-bond acceptors (Lipinski definition) is 0. The maximum Gasteiger partial charge on any atom is -0.0139 e. The highest BCUT2D eigenvalue weighted by atomic mass is 14.3. The van der Waals surface area contributed by atoms with Crippen molar-refractivity contribution in [2.45, 2.75) is 40.5 Å². The lowest BCUT2D eigenvalue weighted by molar-refractivity contribution is 0.308. The van der Waals surface area contributed by atoms with Gasteiger partial charge in [-0.05, 0) is 36.2 Å². The van der Waals surface area contributed by atoms with Gasteiger partial charge in [0.15, 0.2) is 0 Å². The summed E-state index contributed by atoms with van der Waals surface area (Å²) in [5, 5.41) is 0. The van der Waals surface area contributed by atoms with Crippen LogP contribution in [0.4, 0.5) is 0 Å². The van der Waals surface area contributed by atoms with Crippen molar-refractivity contribution in [3.05, 3.63) is 36.0 Å². The Kier molecular flexibility index (Phi) is 4.87. The molecule has 0 aliphatic heterocycles. The molecule has 0 saturated heterocycles. The van der Waals surface area contributed by atoms with E-state index in [1.54, 1.807) is 0 Å². The topological polar surface area (TPSA) is 0 Å². The monoisotopic (exact) mass is 204 g/mol. The molecule has 1 aliphatic carbocycles. The maximum absolute atomic E-state index is 2.38. The molecule has 1 rings (SSSR count). The molecule has 0 nitrogen and oxygen atoms in total. The molecule has 0 bridgehead atoms. The van der Waals surface area contributed by atoms with Crippen molar-refractivity contribution >= 4 is 0 Å². The molecule has 0 radical (unpaired) electrons. The average molecular weight is 204 g/mol. The Morgan fingerprint density at radius 3 is 2.53 bits per heavy atom. The normalized spacial score (nSPS) is 19.9. The fourth-order valence-electron chi connectivity index (χ4n) is 2.25. The zero-order chi connectivity index (χ0) is 11.3. The molecule has 15 heavy (non-hydrogen) atoms. The van der Waals surface area contributed by atoms with Crippen LogP contribution in [0.1, 0.15) is 40.5 Å². The molecule has 2 unspecified atom stereocenters. The molecule has 0 amide bonds. The lowest BCUT2D eigenvalue weighted by Gasteiger charge is -2.27. The van der Waals surface area contributed by atoms with E-state index in [9.17, 15) is 0 Å². The largest absolute Gasteiger partial charge is 0.0807 e. The highest BCUT2D eigenvalue weighted by molar-refractivity contribution is 5.28. The fraction of sp³-hybridized carbons (Fsp3) is 0.600. The highest BCUT2D eigenvalue weighted by Gasteiger charge is 2.20. The van der Waals surface area contributed by atoms with Crippen LogP contribution in [-0.2, 0) is 0 Å². The predicted molar refractivity (Wildman–Crippen MR) is 68.8 cm³/mol. The molecular formula is C15H24. The van der Waals surface area contributed by atoms with E-state index in [1.807, 2.05) is 0 Å². The summed E-state index contributed by atoms with van der Waals surface area (Å²) in [5.74, 6) is 2.26. The molecule has 0 saturated carbocycles. The molecule has 2 atom stereocenters. The van der Waals surface area contributed by atoms with Crippen LogP contribution in [0.15, 0.2) is 36.0 Å². The minimum atomic E-state index is 0.723. The van der Waals surface area contributed by atoms with E-state index in [-0.39, 0.29) is 0 Å². The van der Waals surface area contributed by atoms with Crippen molar-refractivity contribution < 1.29 is 0 Å². The van der Waals surface area contributed by atoms with Gasteiger partial charge in [-0.3, -0.25) is 0 Å². The molecule has 1 aliphatic rings. The van der Waals surface area contributed by atoms with Crippen molar-refractivity contribution in [3.63, 3.8) is 0 Å². The van der Waals surface area contributed by atoms with Gasteiger partial charge in [0, 0.05) is 0 Å². The second kappa shape index (κ2) is 5.95. The third-order valence-electron chi connectivity index (χ3n) is 3.58. The van der Waals surface area contributed by atoms with Crippen LogP contribution in [-0.4, -0.2) is 0 Å². The highest BCUT2D eigenvalue weighted by Crippen LogP contribution is 2.31. The van der Waals surface area contributed by atoms with Crippen molar-refractivity contribution in [1.82, 2.24) is 0 Å². The number of rotatable bonds is 4. The molecule has 0 heteroatoms. The van der Waals surface area contributed by atoms with Crippen LogP contribution in [0.25, 0.3) is 0 Å². The average Bonchev–Trinajstić information content (AvgIpc) is 2.47. The molecule has 0 spiro atoms. The Bertz CT molecular complexity index is 266. The van der Waals surface area contributed by atoms with Crippen molar-refractivity contribution in [2.75, 3.05) is 0 Å². The third kappa shape index (κ3) is 3.37. The van der Waals surface area contributed by atoms with Crippen molar-refractivity contribution in [2.24, 2.45) is 17.8 Å². The molecule has 0 heterocycles. The summed E-state index contributed by atoms with van der Waals surface area (Å²) in [5.41, 5.74) is 1.53. The lowest BCUT2D eigenvalue weighted by Crippen LogP contribution is -2.18. The van der Waals surface area contributed by atoms with Crippen LogP contribution in [0.5, 0.6) is 0 Å². The van der Waals surface area contributed by atoms with Gasteiger partial charge in [0.05, 0.1) is 0 Å². The van der Waals surface area contributed by atoms with E-state index < -0.39 is 0 Å². The van der Waals surface area contributed by atoms with Crippen LogP contribution < -0.4 is 0 Å². The lowest BCUT2D eigenvalue weighted by atomic mass is 9.78. The standard InChI is InChI=1S/C15H24/c1-5-15(13(4)12(2)3)14-10-8-6-7-9-11-14/h6-8,10-13,15H,5,9H2,1-4H3. The van der Waals surface area contributed by atoms with Crippen molar-refractivity contribution in [3.8, 4) is 0 Å². The van der Waals surface area contributed by atoms with Crippen LogP contribution in [0, 0.1) is 17.8 Å². The van der Waals surface area contributed by atoms with Gasteiger partial charge in [-0.15, -0.1) is 0 Å². The van der Waals surface area contributed by atoms with E-state index in [2.05, 4.69) is 58.1 Å². The molecule has 0 fully saturated rings. The summed E-state index contributed by atoms with van der Waals surface area (Å²) in [7, 11) is 0. The van der Waals surface area contributed by atoms with Gasteiger partial charge in [0.1, 0.15) is 0 Å². The predicted octanol–water partition coefficient (Wildman–Crippen LogP) is 4.75. The first-order valence-electron chi connectivity index (χ1n) is 6.20. The summed E-state index contributed by atoms with van der Waals surface area (Å²) >= 11 is 0. The van der Waals surface area contributed by atoms with E-state index in [1.165, 1.54) is 12.0 Å². The zero-order valence-corrected chi connectivity index (χ0v) is 10.5. The Hall–Kier alpha value is -0.780. The summed E-state index contributed by atoms with van der Waals surface area (Å²) < 4.78 is 0. The molecule has 0 aromatic rings. The summed E-state index contributed by atoms with van der Waals surface area (Å²) in [6.07, 6.45) is 13.5. The summed E-state index contributed by atoms with van der Waals surface area (Å²) in [6, 6.07) is 0. The quantitative estimate of drug-likeness (QED) is 0.620. The van der Waals surface area contributed by atoms with E-state index >= 15 is 0 Å². The SMILES string of the molecule is CCC(C1=CCC=CC=C1)C(C)C(C)C. The van der Waals surface area contributed by atoms with Crippen LogP contribution in [0.2, 0.25) is 0 Å². The maximum atomic E-state index is 2.38. The smallest absolute Gasteiger partial charge is 0.0139 e. The van der Waals surface area contributed by atoms with Gasteiger partial charge in [0.25, 0.3) is 0 Å². The first-order valence-corrected chi connectivity index (χ1v) is 6.20. The van der Waals surface area contributed by atoms with E-state index in [0.717, 1.165) is 24.2 Å². The minimum Gasteiger partial charge on any atom is -0.0807 e. The van der Waals surface area contributed by atoms with Crippen LogP contribution >= 0.6 is 0 Å². The van der Waals surface area contributed by atoms with E-state index in [0.29, 0.717) is 0 Å².